The van der Waals surface area contributed by atoms with E-state index in [2.05, 4.69) is 10.9 Å². The van der Waals surface area contributed by atoms with Crippen molar-refractivity contribution in [3.63, 3.8) is 0 Å². The van der Waals surface area contributed by atoms with Crippen molar-refractivity contribution >= 4 is 11.6 Å². The summed E-state index contributed by atoms with van der Waals surface area (Å²) in [5.74, 6) is 3.09. The first kappa shape index (κ1) is 12.7. The lowest BCUT2D eigenvalue weighted by molar-refractivity contribution is 0.205. The molecule has 1 aromatic carbocycles. The monoisotopic (exact) mass is 260 g/mol. The van der Waals surface area contributed by atoms with Gasteiger partial charge >= 0.3 is 0 Å². The van der Waals surface area contributed by atoms with Gasteiger partial charge in [0, 0.05) is 11.2 Å². The third-order valence-electron chi connectivity index (χ3n) is 2.62. The second kappa shape index (κ2) is 5.26. The second-order valence-corrected chi connectivity index (χ2v) is 4.46. The van der Waals surface area contributed by atoms with Gasteiger partial charge in [0.05, 0.1) is 12.2 Å². The van der Waals surface area contributed by atoms with E-state index in [1.807, 2.05) is 13.1 Å². The van der Waals surface area contributed by atoms with Crippen LogP contribution in [0.25, 0.3) is 0 Å². The third kappa shape index (κ3) is 2.56. The van der Waals surface area contributed by atoms with E-state index in [1.54, 1.807) is 28.8 Å². The summed E-state index contributed by atoms with van der Waals surface area (Å²) in [6.07, 6.45) is 6.33. The van der Waals surface area contributed by atoms with E-state index in [9.17, 15) is 5.11 Å². The number of hydrogen-bond acceptors (Lipinski definition) is 2. The molecule has 1 N–H and O–H groups in total. The van der Waals surface area contributed by atoms with E-state index in [4.69, 9.17) is 18.0 Å². The highest BCUT2D eigenvalue weighted by Crippen LogP contribution is 2.22. The Labute approximate surface area is 111 Å². The maximum Gasteiger partial charge on any atom is 0.143 e. The van der Waals surface area contributed by atoms with Crippen molar-refractivity contribution in [2.24, 2.45) is 0 Å². The summed E-state index contributed by atoms with van der Waals surface area (Å²) in [7, 11) is 0. The smallest absolute Gasteiger partial charge is 0.143 e. The predicted octanol–water partition coefficient (Wildman–Crippen LogP) is 2.56. The normalized spacial score (nSPS) is 12.1. The maximum atomic E-state index is 10.3. The van der Waals surface area contributed by atoms with Crippen molar-refractivity contribution in [2.75, 3.05) is 0 Å². The topological polar surface area (TPSA) is 38.0 Å². The Hall–Kier alpha value is -1.76. The number of terminal acetylenes is 1. The standard InChI is InChI=1S/C14H13ClN2O/c1-3-8-17-9-10(2)16-14(17)13(18)11-4-6-12(15)7-5-11/h1,4-7,9,13,18H,8H2,2H3. The van der Waals surface area contributed by atoms with Crippen LogP contribution in [0.1, 0.15) is 23.2 Å². The highest BCUT2D eigenvalue weighted by molar-refractivity contribution is 6.30. The number of aliphatic hydroxyl groups excluding tert-OH is 1. The van der Waals surface area contributed by atoms with Gasteiger partial charge < -0.3 is 9.67 Å². The van der Waals surface area contributed by atoms with Gasteiger partial charge in [-0.15, -0.1) is 6.42 Å². The Bertz CT molecular complexity index is 581. The summed E-state index contributed by atoms with van der Waals surface area (Å²) >= 11 is 5.82. The maximum absolute atomic E-state index is 10.3. The average molecular weight is 261 g/mol. The van der Waals surface area contributed by atoms with Crippen LogP contribution in [0.2, 0.25) is 5.02 Å². The fourth-order valence-corrected chi connectivity index (χ4v) is 1.93. The molecule has 0 radical (unpaired) electrons. The van der Waals surface area contributed by atoms with Crippen LogP contribution in [0.3, 0.4) is 0 Å². The SMILES string of the molecule is C#CCn1cc(C)nc1C(O)c1ccc(Cl)cc1. The van der Waals surface area contributed by atoms with Gasteiger partial charge in [-0.1, -0.05) is 29.7 Å². The predicted molar refractivity (Wildman–Crippen MR) is 71.3 cm³/mol. The number of hydrogen-bond donors (Lipinski definition) is 1. The van der Waals surface area contributed by atoms with Crippen molar-refractivity contribution in [1.29, 1.82) is 0 Å². The number of benzene rings is 1. The number of aliphatic hydroxyl groups is 1. The Kier molecular flexibility index (Phi) is 3.71. The third-order valence-corrected chi connectivity index (χ3v) is 2.87. The summed E-state index contributed by atoms with van der Waals surface area (Å²) < 4.78 is 1.77. The Morgan fingerprint density at radius 2 is 2.11 bits per heavy atom. The van der Waals surface area contributed by atoms with Crippen molar-refractivity contribution in [3.8, 4) is 12.3 Å². The van der Waals surface area contributed by atoms with Crippen LogP contribution in [0, 0.1) is 19.3 Å². The Balaban J connectivity index is 2.36. The first-order valence-corrected chi connectivity index (χ1v) is 5.90. The molecule has 0 aliphatic rings. The van der Waals surface area contributed by atoms with Crippen molar-refractivity contribution in [1.82, 2.24) is 9.55 Å². The zero-order valence-corrected chi connectivity index (χ0v) is 10.7. The van der Waals surface area contributed by atoms with E-state index in [0.29, 0.717) is 17.4 Å². The van der Waals surface area contributed by atoms with Crippen LogP contribution in [0.4, 0.5) is 0 Å². The van der Waals surface area contributed by atoms with E-state index in [-0.39, 0.29) is 0 Å². The summed E-state index contributed by atoms with van der Waals surface area (Å²) in [5, 5.41) is 10.9. The molecule has 2 rings (SSSR count). The lowest BCUT2D eigenvalue weighted by atomic mass is 10.1. The van der Waals surface area contributed by atoms with Gasteiger partial charge in [-0.25, -0.2) is 4.98 Å². The van der Waals surface area contributed by atoms with Crippen LogP contribution in [-0.4, -0.2) is 14.7 Å². The van der Waals surface area contributed by atoms with Crippen LogP contribution in [-0.2, 0) is 6.54 Å². The van der Waals surface area contributed by atoms with E-state index >= 15 is 0 Å². The van der Waals surface area contributed by atoms with Crippen molar-refractivity contribution in [2.45, 2.75) is 19.6 Å². The fourth-order valence-electron chi connectivity index (χ4n) is 1.80. The van der Waals surface area contributed by atoms with Crippen LogP contribution >= 0.6 is 11.6 Å². The van der Waals surface area contributed by atoms with Crippen molar-refractivity contribution in [3.05, 3.63) is 52.6 Å². The molecule has 0 saturated carbocycles. The second-order valence-electron chi connectivity index (χ2n) is 4.03. The molecule has 1 aromatic heterocycles. The molecule has 4 heteroatoms. The Morgan fingerprint density at radius 1 is 1.44 bits per heavy atom. The van der Waals surface area contributed by atoms with Crippen LogP contribution in [0.15, 0.2) is 30.5 Å². The number of aryl methyl sites for hydroxylation is 1. The molecule has 0 fully saturated rings. The number of rotatable bonds is 3. The largest absolute Gasteiger partial charge is 0.380 e. The van der Waals surface area contributed by atoms with Gasteiger partial charge in [0.1, 0.15) is 11.9 Å². The number of halogens is 1. The van der Waals surface area contributed by atoms with Gasteiger partial charge in [0.15, 0.2) is 0 Å². The number of nitrogens with zero attached hydrogens (tertiary/aromatic N) is 2. The molecule has 0 spiro atoms. The van der Waals surface area contributed by atoms with E-state index in [0.717, 1.165) is 11.3 Å². The number of aromatic nitrogens is 2. The minimum absolute atomic E-state index is 0.390. The summed E-state index contributed by atoms with van der Waals surface area (Å²) in [4.78, 5) is 4.31. The lowest BCUT2D eigenvalue weighted by Gasteiger charge is -2.12. The summed E-state index contributed by atoms with van der Waals surface area (Å²) in [6, 6.07) is 7.03. The van der Waals surface area contributed by atoms with Gasteiger partial charge in [0.25, 0.3) is 0 Å². The first-order chi connectivity index (χ1) is 8.61. The minimum Gasteiger partial charge on any atom is -0.380 e. The van der Waals surface area contributed by atoms with Gasteiger partial charge in [-0.2, -0.15) is 0 Å². The summed E-state index contributed by atoms with van der Waals surface area (Å²) in [6.45, 7) is 2.26. The fraction of sp³-hybridized carbons (Fsp3) is 0.214. The molecule has 0 aliphatic carbocycles. The van der Waals surface area contributed by atoms with Gasteiger partial charge in [-0.3, -0.25) is 0 Å². The average Bonchev–Trinajstić information content (AvgIpc) is 2.71. The number of imidazole rings is 1. The van der Waals surface area contributed by atoms with E-state index in [1.165, 1.54) is 0 Å². The highest BCUT2D eigenvalue weighted by Gasteiger charge is 2.17. The zero-order chi connectivity index (χ0) is 13.1. The molecular formula is C14H13ClN2O. The molecule has 0 saturated heterocycles. The molecular weight excluding hydrogens is 248 g/mol. The quantitative estimate of drug-likeness (QED) is 0.862. The highest BCUT2D eigenvalue weighted by atomic mass is 35.5. The van der Waals surface area contributed by atoms with Crippen LogP contribution < -0.4 is 0 Å². The molecule has 0 bridgehead atoms. The molecule has 1 atom stereocenters. The van der Waals surface area contributed by atoms with E-state index < -0.39 is 6.10 Å². The van der Waals surface area contributed by atoms with Gasteiger partial charge in [0.2, 0.25) is 0 Å². The van der Waals surface area contributed by atoms with Crippen LogP contribution in [0.5, 0.6) is 0 Å². The molecule has 0 amide bonds. The molecule has 0 aliphatic heterocycles. The Morgan fingerprint density at radius 3 is 2.72 bits per heavy atom. The summed E-state index contributed by atoms with van der Waals surface area (Å²) in [5.41, 5.74) is 1.57. The molecule has 2 aromatic rings. The zero-order valence-electron chi connectivity index (χ0n) is 9.97. The van der Waals surface area contributed by atoms with Gasteiger partial charge in [-0.05, 0) is 24.6 Å². The molecule has 1 heterocycles. The first-order valence-electron chi connectivity index (χ1n) is 5.52. The minimum atomic E-state index is -0.802. The molecule has 18 heavy (non-hydrogen) atoms. The van der Waals surface area contributed by atoms with Crippen molar-refractivity contribution < 1.29 is 5.11 Å². The molecule has 1 unspecified atom stereocenters. The lowest BCUT2D eigenvalue weighted by Crippen LogP contribution is -2.09. The molecule has 92 valence electrons. The molecule has 3 nitrogen and oxygen atoms in total.